The maximum Gasteiger partial charge on any atom is 0.262 e. The molecule has 21 heavy (non-hydrogen) atoms. The zero-order valence-electron chi connectivity index (χ0n) is 11.8. The lowest BCUT2D eigenvalue weighted by Crippen LogP contribution is -2.30. The first-order valence-corrected chi connectivity index (χ1v) is 9.74. The predicted octanol–water partition coefficient (Wildman–Crippen LogP) is 4.05. The summed E-state index contributed by atoms with van der Waals surface area (Å²) < 4.78 is 23.1. The zero-order chi connectivity index (χ0) is 16.4. The van der Waals surface area contributed by atoms with Crippen LogP contribution in [0.3, 0.4) is 0 Å². The summed E-state index contributed by atoms with van der Waals surface area (Å²) in [6.07, 6.45) is 0. The predicted molar refractivity (Wildman–Crippen MR) is 88.5 cm³/mol. The molecule has 1 rings (SSSR count). The third kappa shape index (κ3) is 5.13. The third-order valence-corrected chi connectivity index (χ3v) is 6.23. The fourth-order valence-electron chi connectivity index (χ4n) is 1.46. The maximum absolute atomic E-state index is 12.1. The van der Waals surface area contributed by atoms with Crippen molar-refractivity contribution in [3.05, 3.63) is 27.2 Å². The van der Waals surface area contributed by atoms with Gasteiger partial charge in [-0.25, -0.2) is 8.42 Å². The molecule has 1 amide bonds. The quantitative estimate of drug-likeness (QED) is 0.736. The smallest absolute Gasteiger partial charge is 0.262 e. The molecule has 0 aliphatic heterocycles. The molecular weight excluding hydrogens is 401 g/mol. The van der Waals surface area contributed by atoms with E-state index in [0.717, 1.165) is 0 Å². The number of halogens is 3. The van der Waals surface area contributed by atoms with E-state index in [1.807, 2.05) is 6.92 Å². The van der Waals surface area contributed by atoms with Crippen LogP contribution in [0.1, 0.15) is 31.1 Å². The number of carbonyl (C=O) groups excluding carboxylic acids is 1. The summed E-state index contributed by atoms with van der Waals surface area (Å²) in [5.41, 5.74) is 0.151. The normalized spacial score (nSPS) is 13.3. The van der Waals surface area contributed by atoms with Crippen LogP contribution in [-0.4, -0.2) is 20.9 Å². The average Bonchev–Trinajstić information content (AvgIpc) is 2.36. The van der Waals surface area contributed by atoms with Crippen LogP contribution in [0.25, 0.3) is 0 Å². The van der Waals surface area contributed by atoms with E-state index >= 15 is 0 Å². The number of amides is 1. The Balaban J connectivity index is 3.04. The highest BCUT2D eigenvalue weighted by Gasteiger charge is 2.20. The standard InChI is InChI=1S/C13H16BrCl2NO3S/c1-7(2)8(3)6-17-13(18)9-4-10(15)12(14)11(5-9)21(16,19)20/h4-5,7-8H,6H2,1-3H3,(H,17,18). The Morgan fingerprint density at radius 1 is 1.33 bits per heavy atom. The molecule has 1 aromatic rings. The van der Waals surface area contributed by atoms with Crippen LogP contribution in [0, 0.1) is 11.8 Å². The molecule has 0 aromatic heterocycles. The molecular formula is C13H16BrCl2NO3S. The first-order chi connectivity index (χ1) is 9.54. The lowest BCUT2D eigenvalue weighted by atomic mass is 9.98. The number of nitrogens with one attached hydrogen (secondary N) is 1. The van der Waals surface area contributed by atoms with Gasteiger partial charge in [-0.2, -0.15) is 0 Å². The molecule has 0 spiro atoms. The fraction of sp³-hybridized carbons (Fsp3) is 0.462. The van der Waals surface area contributed by atoms with Crippen molar-refractivity contribution in [2.24, 2.45) is 11.8 Å². The Morgan fingerprint density at radius 3 is 2.38 bits per heavy atom. The molecule has 1 unspecified atom stereocenters. The topological polar surface area (TPSA) is 63.2 Å². The second kappa shape index (κ2) is 7.31. The highest BCUT2D eigenvalue weighted by Crippen LogP contribution is 2.33. The first kappa shape index (κ1) is 18.7. The van der Waals surface area contributed by atoms with E-state index in [9.17, 15) is 13.2 Å². The van der Waals surface area contributed by atoms with E-state index in [1.165, 1.54) is 12.1 Å². The number of hydrogen-bond acceptors (Lipinski definition) is 3. The van der Waals surface area contributed by atoms with Crippen molar-refractivity contribution < 1.29 is 13.2 Å². The van der Waals surface area contributed by atoms with Gasteiger partial charge in [0.25, 0.3) is 15.0 Å². The molecule has 1 atom stereocenters. The molecule has 0 bridgehead atoms. The summed E-state index contributed by atoms with van der Waals surface area (Å²) in [7, 11) is 1.34. The van der Waals surface area contributed by atoms with E-state index in [1.54, 1.807) is 0 Å². The van der Waals surface area contributed by atoms with Crippen LogP contribution in [-0.2, 0) is 9.05 Å². The minimum atomic E-state index is -4.00. The van der Waals surface area contributed by atoms with Crippen molar-refractivity contribution in [2.75, 3.05) is 6.54 Å². The van der Waals surface area contributed by atoms with Gasteiger partial charge in [0.05, 0.1) is 14.4 Å². The molecule has 4 nitrogen and oxygen atoms in total. The van der Waals surface area contributed by atoms with Crippen molar-refractivity contribution in [3.8, 4) is 0 Å². The SMILES string of the molecule is CC(C)C(C)CNC(=O)c1cc(Cl)c(Br)c(S(=O)(=O)Cl)c1. The van der Waals surface area contributed by atoms with Gasteiger partial charge in [-0.3, -0.25) is 4.79 Å². The van der Waals surface area contributed by atoms with Gasteiger partial charge in [0, 0.05) is 22.8 Å². The Labute approximate surface area is 142 Å². The second-order valence-electron chi connectivity index (χ2n) is 5.14. The number of carbonyl (C=O) groups is 1. The second-order valence-corrected chi connectivity index (χ2v) is 8.87. The number of rotatable bonds is 5. The molecule has 0 saturated carbocycles. The Morgan fingerprint density at radius 2 is 1.90 bits per heavy atom. The van der Waals surface area contributed by atoms with E-state index in [-0.39, 0.29) is 20.0 Å². The molecule has 0 heterocycles. The van der Waals surface area contributed by atoms with E-state index in [0.29, 0.717) is 18.4 Å². The van der Waals surface area contributed by atoms with Gasteiger partial charge < -0.3 is 5.32 Å². The van der Waals surface area contributed by atoms with Crippen LogP contribution < -0.4 is 5.32 Å². The molecule has 1 aromatic carbocycles. The molecule has 0 aliphatic carbocycles. The zero-order valence-corrected chi connectivity index (χ0v) is 15.7. The minimum Gasteiger partial charge on any atom is -0.352 e. The van der Waals surface area contributed by atoms with E-state index < -0.39 is 15.0 Å². The van der Waals surface area contributed by atoms with E-state index in [4.69, 9.17) is 22.3 Å². The Kier molecular flexibility index (Phi) is 6.53. The highest BCUT2D eigenvalue weighted by atomic mass is 79.9. The van der Waals surface area contributed by atoms with Crippen molar-refractivity contribution in [3.63, 3.8) is 0 Å². The molecule has 1 N–H and O–H groups in total. The summed E-state index contributed by atoms with van der Waals surface area (Å²) in [5.74, 6) is 0.340. The molecule has 0 radical (unpaired) electrons. The fourth-order valence-corrected chi connectivity index (χ4v) is 3.84. The molecule has 0 saturated heterocycles. The van der Waals surface area contributed by atoms with Crippen LogP contribution in [0.4, 0.5) is 0 Å². The van der Waals surface area contributed by atoms with Gasteiger partial charge in [0.1, 0.15) is 0 Å². The van der Waals surface area contributed by atoms with Gasteiger partial charge in [0.2, 0.25) is 0 Å². The summed E-state index contributed by atoms with van der Waals surface area (Å²) in [6.45, 7) is 6.64. The van der Waals surface area contributed by atoms with Crippen LogP contribution in [0.2, 0.25) is 5.02 Å². The maximum atomic E-state index is 12.1. The molecule has 118 valence electrons. The van der Waals surface area contributed by atoms with Gasteiger partial charge in [-0.15, -0.1) is 0 Å². The Bertz CT molecular complexity index is 647. The van der Waals surface area contributed by atoms with Crippen LogP contribution >= 0.6 is 38.2 Å². The monoisotopic (exact) mass is 415 g/mol. The number of benzene rings is 1. The van der Waals surface area contributed by atoms with Crippen molar-refractivity contribution in [1.29, 1.82) is 0 Å². The summed E-state index contributed by atoms with van der Waals surface area (Å²) in [4.78, 5) is 11.9. The van der Waals surface area contributed by atoms with Gasteiger partial charge in [-0.05, 0) is 39.9 Å². The van der Waals surface area contributed by atoms with Gasteiger partial charge in [0.15, 0.2) is 0 Å². The lowest BCUT2D eigenvalue weighted by molar-refractivity contribution is 0.0944. The summed E-state index contributed by atoms with van der Waals surface area (Å²) in [6, 6.07) is 2.60. The van der Waals surface area contributed by atoms with E-state index in [2.05, 4.69) is 35.1 Å². The average molecular weight is 417 g/mol. The third-order valence-electron chi connectivity index (χ3n) is 3.24. The van der Waals surface area contributed by atoms with Crippen molar-refractivity contribution in [1.82, 2.24) is 5.32 Å². The highest BCUT2D eigenvalue weighted by molar-refractivity contribution is 9.10. The van der Waals surface area contributed by atoms with Gasteiger partial charge in [-0.1, -0.05) is 32.4 Å². The molecule has 8 heteroatoms. The Hall–Kier alpha value is -0.300. The summed E-state index contributed by atoms with van der Waals surface area (Å²) in [5, 5.41) is 2.86. The van der Waals surface area contributed by atoms with Crippen LogP contribution in [0.5, 0.6) is 0 Å². The largest absolute Gasteiger partial charge is 0.352 e. The van der Waals surface area contributed by atoms with Crippen LogP contribution in [0.15, 0.2) is 21.5 Å². The van der Waals surface area contributed by atoms with Crippen molar-refractivity contribution >= 4 is 53.2 Å². The van der Waals surface area contributed by atoms with Crippen molar-refractivity contribution in [2.45, 2.75) is 25.7 Å². The molecule has 0 aliphatic rings. The summed E-state index contributed by atoms with van der Waals surface area (Å²) >= 11 is 8.99. The van der Waals surface area contributed by atoms with Gasteiger partial charge >= 0.3 is 0 Å². The minimum absolute atomic E-state index is 0.110. The lowest BCUT2D eigenvalue weighted by Gasteiger charge is -2.16. The first-order valence-electron chi connectivity index (χ1n) is 6.26. The number of hydrogen-bond donors (Lipinski definition) is 1. The molecule has 0 fully saturated rings.